The van der Waals surface area contributed by atoms with Gasteiger partial charge in [0.15, 0.2) is 0 Å². The lowest BCUT2D eigenvalue weighted by atomic mass is 9.81. The Morgan fingerprint density at radius 3 is 2.86 bits per heavy atom. The molecule has 3 N–H and O–H groups in total. The summed E-state index contributed by atoms with van der Waals surface area (Å²) in [6, 6.07) is 0.0177. The highest BCUT2D eigenvalue weighted by Crippen LogP contribution is 2.46. The van der Waals surface area contributed by atoms with Crippen LogP contribution in [0, 0.1) is 11.8 Å². The standard InChI is InChI=1S/C15H22N2O5/c1-7(18)12-11-4-10(8-3-9(6-22-2)16-5-8)13(15(20)21)17(11)14(12)19/h7-9,11-12,16,18H,3-6H2,1-2H3,(H,20,21)/t7-,8?,9+,11-,12-/m1/s1. The van der Waals surface area contributed by atoms with Crippen molar-refractivity contribution >= 4 is 11.9 Å². The molecule has 3 aliphatic rings. The van der Waals surface area contributed by atoms with Crippen molar-refractivity contribution in [2.24, 2.45) is 11.8 Å². The monoisotopic (exact) mass is 310 g/mol. The third-order valence-corrected chi connectivity index (χ3v) is 5.05. The van der Waals surface area contributed by atoms with Gasteiger partial charge in [-0.05, 0) is 31.3 Å². The van der Waals surface area contributed by atoms with Gasteiger partial charge in [-0.3, -0.25) is 4.79 Å². The van der Waals surface area contributed by atoms with Crippen molar-refractivity contribution in [3.63, 3.8) is 0 Å². The number of hydrogen-bond donors (Lipinski definition) is 3. The molecule has 3 rings (SSSR count). The number of amides is 1. The summed E-state index contributed by atoms with van der Waals surface area (Å²) in [5.74, 6) is -1.69. The van der Waals surface area contributed by atoms with E-state index in [0.29, 0.717) is 19.6 Å². The number of aliphatic carboxylic acids is 1. The number of carbonyl (C=O) groups is 2. The number of aliphatic hydroxyl groups is 1. The number of hydrogen-bond acceptors (Lipinski definition) is 5. The highest BCUT2D eigenvalue weighted by Gasteiger charge is 2.57. The number of carboxylic acids is 1. The number of rotatable bonds is 5. The Kier molecular flexibility index (Phi) is 3.96. The first-order valence-corrected chi connectivity index (χ1v) is 7.65. The molecule has 0 saturated carbocycles. The van der Waals surface area contributed by atoms with Crippen molar-refractivity contribution in [3.05, 3.63) is 11.3 Å². The molecule has 0 aromatic heterocycles. The van der Waals surface area contributed by atoms with Crippen LogP contribution in [-0.4, -0.2) is 65.4 Å². The first-order valence-electron chi connectivity index (χ1n) is 7.65. The average Bonchev–Trinajstić information content (AvgIpc) is 3.00. The summed E-state index contributed by atoms with van der Waals surface area (Å²) < 4.78 is 5.14. The Labute approximate surface area is 128 Å². The molecule has 0 aromatic carbocycles. The molecule has 5 atom stereocenters. The molecule has 0 aliphatic carbocycles. The second-order valence-electron chi connectivity index (χ2n) is 6.42. The number of methoxy groups -OCH3 is 1. The molecule has 1 unspecified atom stereocenters. The fourth-order valence-electron chi connectivity index (χ4n) is 4.08. The molecule has 2 saturated heterocycles. The van der Waals surface area contributed by atoms with E-state index in [1.807, 2.05) is 0 Å². The zero-order valence-electron chi connectivity index (χ0n) is 12.8. The zero-order chi connectivity index (χ0) is 16.0. The Bertz CT molecular complexity index is 530. The normalized spacial score (nSPS) is 35.6. The number of nitrogens with zero attached hydrogens (tertiary/aromatic N) is 1. The maximum absolute atomic E-state index is 12.2. The largest absolute Gasteiger partial charge is 0.477 e. The van der Waals surface area contributed by atoms with Crippen LogP contribution >= 0.6 is 0 Å². The molecule has 3 aliphatic heterocycles. The predicted octanol–water partition coefficient (Wildman–Crippen LogP) is -0.439. The van der Waals surface area contributed by atoms with Gasteiger partial charge >= 0.3 is 5.97 Å². The number of fused-ring (bicyclic) bond motifs is 1. The number of aliphatic hydroxyl groups excluding tert-OH is 1. The minimum absolute atomic E-state index is 0.110. The number of carboxylic acid groups (broad SMARTS) is 1. The van der Waals surface area contributed by atoms with E-state index in [0.717, 1.165) is 12.0 Å². The molecular weight excluding hydrogens is 288 g/mol. The number of ether oxygens (including phenoxy) is 1. The van der Waals surface area contributed by atoms with E-state index in [4.69, 9.17) is 4.74 Å². The minimum Gasteiger partial charge on any atom is -0.477 e. The highest BCUT2D eigenvalue weighted by atomic mass is 16.5. The van der Waals surface area contributed by atoms with Crippen LogP contribution in [0.5, 0.6) is 0 Å². The van der Waals surface area contributed by atoms with Crippen LogP contribution in [0.2, 0.25) is 0 Å². The average molecular weight is 310 g/mol. The van der Waals surface area contributed by atoms with Gasteiger partial charge in [-0.2, -0.15) is 0 Å². The van der Waals surface area contributed by atoms with E-state index < -0.39 is 18.0 Å². The van der Waals surface area contributed by atoms with Gasteiger partial charge in [-0.1, -0.05) is 0 Å². The van der Waals surface area contributed by atoms with Gasteiger partial charge in [0, 0.05) is 19.7 Å². The van der Waals surface area contributed by atoms with Crippen LogP contribution in [0.1, 0.15) is 19.8 Å². The van der Waals surface area contributed by atoms with Crippen LogP contribution < -0.4 is 5.32 Å². The Balaban J connectivity index is 1.82. The van der Waals surface area contributed by atoms with Crippen molar-refractivity contribution in [1.29, 1.82) is 0 Å². The molecule has 0 spiro atoms. The maximum Gasteiger partial charge on any atom is 0.352 e. The first-order chi connectivity index (χ1) is 10.5. The zero-order valence-corrected chi connectivity index (χ0v) is 12.8. The molecule has 7 nitrogen and oxygen atoms in total. The Morgan fingerprint density at radius 2 is 2.27 bits per heavy atom. The molecule has 0 aromatic rings. The van der Waals surface area contributed by atoms with Crippen molar-refractivity contribution in [1.82, 2.24) is 10.2 Å². The topological polar surface area (TPSA) is 99.1 Å². The van der Waals surface area contributed by atoms with E-state index in [-0.39, 0.29) is 29.6 Å². The van der Waals surface area contributed by atoms with E-state index in [9.17, 15) is 19.8 Å². The van der Waals surface area contributed by atoms with Gasteiger partial charge in [0.05, 0.1) is 24.7 Å². The van der Waals surface area contributed by atoms with Gasteiger partial charge in [0.1, 0.15) is 5.70 Å². The summed E-state index contributed by atoms with van der Waals surface area (Å²) >= 11 is 0. The van der Waals surface area contributed by atoms with Gasteiger partial charge in [-0.25, -0.2) is 4.79 Å². The second-order valence-corrected chi connectivity index (χ2v) is 6.42. The lowest BCUT2D eigenvalue weighted by Gasteiger charge is -2.44. The second kappa shape index (κ2) is 5.64. The molecule has 122 valence electrons. The highest BCUT2D eigenvalue weighted by molar-refractivity contribution is 5.99. The minimum atomic E-state index is -1.05. The van der Waals surface area contributed by atoms with Gasteiger partial charge in [-0.15, -0.1) is 0 Å². The Morgan fingerprint density at radius 1 is 1.55 bits per heavy atom. The van der Waals surface area contributed by atoms with E-state index in [1.165, 1.54) is 4.90 Å². The number of β-lactam (4-membered cyclic amide) rings is 1. The lowest BCUT2D eigenvalue weighted by Crippen LogP contribution is -2.61. The fourth-order valence-corrected chi connectivity index (χ4v) is 4.08. The van der Waals surface area contributed by atoms with Gasteiger partial charge in [0.25, 0.3) is 0 Å². The summed E-state index contributed by atoms with van der Waals surface area (Å²) in [7, 11) is 1.64. The van der Waals surface area contributed by atoms with Crippen molar-refractivity contribution < 1.29 is 24.5 Å². The molecule has 1 amide bonds. The van der Waals surface area contributed by atoms with Crippen LogP contribution in [0.25, 0.3) is 0 Å². The molecular formula is C15H22N2O5. The number of carbonyl (C=O) groups excluding carboxylic acids is 1. The Hall–Kier alpha value is -1.44. The predicted molar refractivity (Wildman–Crippen MR) is 76.9 cm³/mol. The summed E-state index contributed by atoms with van der Waals surface area (Å²) in [6.07, 6.45) is 0.620. The van der Waals surface area contributed by atoms with Crippen LogP contribution in [-0.2, 0) is 14.3 Å². The van der Waals surface area contributed by atoms with Crippen LogP contribution in [0.3, 0.4) is 0 Å². The maximum atomic E-state index is 12.2. The van der Waals surface area contributed by atoms with Crippen molar-refractivity contribution in [2.75, 3.05) is 20.3 Å². The first kappa shape index (κ1) is 15.5. The smallest absolute Gasteiger partial charge is 0.352 e. The van der Waals surface area contributed by atoms with E-state index >= 15 is 0 Å². The number of nitrogens with one attached hydrogen (secondary N) is 1. The quantitative estimate of drug-likeness (QED) is 0.596. The molecule has 3 heterocycles. The third-order valence-electron chi connectivity index (χ3n) is 5.05. The molecule has 7 heteroatoms. The van der Waals surface area contributed by atoms with Crippen molar-refractivity contribution in [3.8, 4) is 0 Å². The lowest BCUT2D eigenvalue weighted by molar-refractivity contribution is -0.161. The molecule has 22 heavy (non-hydrogen) atoms. The van der Waals surface area contributed by atoms with E-state index in [1.54, 1.807) is 14.0 Å². The van der Waals surface area contributed by atoms with Crippen molar-refractivity contribution in [2.45, 2.75) is 38.0 Å². The van der Waals surface area contributed by atoms with Crippen LogP contribution in [0.4, 0.5) is 0 Å². The van der Waals surface area contributed by atoms with Crippen LogP contribution in [0.15, 0.2) is 11.3 Å². The third kappa shape index (κ3) is 2.24. The van der Waals surface area contributed by atoms with E-state index in [2.05, 4.69) is 5.32 Å². The fraction of sp³-hybridized carbons (Fsp3) is 0.733. The molecule has 2 fully saturated rings. The van der Waals surface area contributed by atoms with Gasteiger partial charge in [0.2, 0.25) is 5.91 Å². The molecule has 0 radical (unpaired) electrons. The molecule has 0 bridgehead atoms. The summed E-state index contributed by atoms with van der Waals surface area (Å²) in [5, 5.41) is 22.6. The van der Waals surface area contributed by atoms with Gasteiger partial charge < -0.3 is 25.2 Å². The summed E-state index contributed by atoms with van der Waals surface area (Å²) in [6.45, 7) is 2.88. The summed E-state index contributed by atoms with van der Waals surface area (Å²) in [5.41, 5.74) is 0.969. The SMILES string of the molecule is COC[C@@H]1CC(C2=C(C(=O)O)N3C(=O)[C@H]([C@@H](C)O)[C@H]3C2)CN1. The summed E-state index contributed by atoms with van der Waals surface area (Å²) in [4.78, 5) is 25.2.